The zero-order chi connectivity index (χ0) is 11.0. The lowest BCUT2D eigenvalue weighted by atomic mass is 9.57. The predicted molar refractivity (Wildman–Crippen MR) is 66.7 cm³/mol. The number of rotatable bonds is 1. The monoisotopic (exact) mass is 208 g/mol. The standard InChI is InChI=1S/C15H28/c1-10(2)13-8-6-12(4)14-7-5-11(3)9-15(13)14/h10-15H,5-9H2,1-4H3/t11-,12+,13+,14-,15-/m1/s1. The number of fused-ring (bicyclic) bond motifs is 1. The maximum Gasteiger partial charge on any atom is -0.0350 e. The molecule has 0 aromatic carbocycles. The molecule has 2 aliphatic rings. The molecule has 0 saturated heterocycles. The second kappa shape index (κ2) is 4.47. The third-order valence-electron chi connectivity index (χ3n) is 5.31. The average molecular weight is 208 g/mol. The van der Waals surface area contributed by atoms with Crippen molar-refractivity contribution in [3.05, 3.63) is 0 Å². The maximum absolute atomic E-state index is 2.50. The summed E-state index contributed by atoms with van der Waals surface area (Å²) in [5.41, 5.74) is 0. The molecule has 0 aliphatic heterocycles. The first kappa shape index (κ1) is 11.5. The van der Waals surface area contributed by atoms with E-state index in [0.717, 1.165) is 35.5 Å². The van der Waals surface area contributed by atoms with Crippen LogP contribution in [0.1, 0.15) is 59.8 Å². The van der Waals surface area contributed by atoms with Gasteiger partial charge in [-0.1, -0.05) is 40.5 Å². The van der Waals surface area contributed by atoms with E-state index in [4.69, 9.17) is 0 Å². The van der Waals surface area contributed by atoms with Crippen molar-refractivity contribution in [3.63, 3.8) is 0 Å². The first-order valence-electron chi connectivity index (χ1n) is 7.09. The minimum atomic E-state index is 0.912. The largest absolute Gasteiger partial charge is 0.0625 e. The molecule has 2 aliphatic carbocycles. The van der Waals surface area contributed by atoms with Crippen molar-refractivity contribution in [2.24, 2.45) is 35.5 Å². The van der Waals surface area contributed by atoms with Crippen molar-refractivity contribution in [1.82, 2.24) is 0 Å². The maximum atomic E-state index is 2.50. The molecule has 0 spiro atoms. The fourth-order valence-corrected chi connectivity index (χ4v) is 4.36. The van der Waals surface area contributed by atoms with E-state index in [1.807, 2.05) is 0 Å². The highest BCUT2D eigenvalue weighted by atomic mass is 14.5. The summed E-state index contributed by atoms with van der Waals surface area (Å²) in [5, 5.41) is 0. The Balaban J connectivity index is 2.10. The van der Waals surface area contributed by atoms with Gasteiger partial charge in [-0.05, 0) is 54.8 Å². The van der Waals surface area contributed by atoms with Gasteiger partial charge in [-0.3, -0.25) is 0 Å². The predicted octanol–water partition coefficient (Wildman–Crippen LogP) is 4.74. The topological polar surface area (TPSA) is 0 Å². The van der Waals surface area contributed by atoms with Gasteiger partial charge in [-0.15, -0.1) is 0 Å². The lowest BCUT2D eigenvalue weighted by Crippen LogP contribution is -2.39. The lowest BCUT2D eigenvalue weighted by Gasteiger charge is -2.48. The minimum absolute atomic E-state index is 0.912. The molecule has 0 heteroatoms. The van der Waals surface area contributed by atoms with Crippen molar-refractivity contribution < 1.29 is 0 Å². The molecule has 0 radical (unpaired) electrons. The molecule has 0 heterocycles. The van der Waals surface area contributed by atoms with E-state index >= 15 is 0 Å². The Morgan fingerprint density at radius 3 is 2.27 bits per heavy atom. The summed E-state index contributed by atoms with van der Waals surface area (Å²) in [6.45, 7) is 9.85. The van der Waals surface area contributed by atoms with E-state index in [9.17, 15) is 0 Å². The van der Waals surface area contributed by atoms with E-state index in [-0.39, 0.29) is 0 Å². The fraction of sp³-hybridized carbons (Fsp3) is 1.00. The van der Waals surface area contributed by atoms with Gasteiger partial charge in [0.15, 0.2) is 0 Å². The lowest BCUT2D eigenvalue weighted by molar-refractivity contribution is 0.0182. The molecular weight excluding hydrogens is 180 g/mol. The highest BCUT2D eigenvalue weighted by molar-refractivity contribution is 4.90. The van der Waals surface area contributed by atoms with Crippen LogP contribution in [0.25, 0.3) is 0 Å². The third kappa shape index (κ3) is 2.24. The van der Waals surface area contributed by atoms with Gasteiger partial charge >= 0.3 is 0 Å². The Bertz CT molecular complexity index is 202. The van der Waals surface area contributed by atoms with Crippen LogP contribution in [-0.4, -0.2) is 0 Å². The second-order valence-electron chi connectivity index (χ2n) is 6.71. The highest BCUT2D eigenvalue weighted by Crippen LogP contribution is 2.50. The van der Waals surface area contributed by atoms with Gasteiger partial charge in [0.25, 0.3) is 0 Å². The molecule has 0 aromatic heterocycles. The Kier molecular flexibility index (Phi) is 3.42. The Labute approximate surface area is 95.8 Å². The molecular formula is C15H28. The van der Waals surface area contributed by atoms with Crippen LogP contribution < -0.4 is 0 Å². The molecule has 88 valence electrons. The first-order chi connectivity index (χ1) is 7.09. The van der Waals surface area contributed by atoms with Crippen molar-refractivity contribution in [1.29, 1.82) is 0 Å². The van der Waals surface area contributed by atoms with Crippen molar-refractivity contribution in [2.45, 2.75) is 59.8 Å². The molecule has 5 atom stereocenters. The van der Waals surface area contributed by atoms with Crippen molar-refractivity contribution >= 4 is 0 Å². The Morgan fingerprint density at radius 2 is 1.60 bits per heavy atom. The molecule has 0 N–H and O–H groups in total. The van der Waals surface area contributed by atoms with Crippen LogP contribution in [-0.2, 0) is 0 Å². The summed E-state index contributed by atoms with van der Waals surface area (Å²) >= 11 is 0. The summed E-state index contributed by atoms with van der Waals surface area (Å²) in [4.78, 5) is 0. The highest BCUT2D eigenvalue weighted by Gasteiger charge is 2.41. The molecule has 2 fully saturated rings. The van der Waals surface area contributed by atoms with Crippen molar-refractivity contribution in [2.75, 3.05) is 0 Å². The summed E-state index contributed by atoms with van der Waals surface area (Å²) in [6.07, 6.45) is 7.55. The van der Waals surface area contributed by atoms with Gasteiger partial charge < -0.3 is 0 Å². The number of hydrogen-bond acceptors (Lipinski definition) is 0. The Morgan fingerprint density at radius 1 is 0.867 bits per heavy atom. The molecule has 2 rings (SSSR count). The van der Waals surface area contributed by atoms with Gasteiger partial charge in [-0.25, -0.2) is 0 Å². The van der Waals surface area contributed by atoms with E-state index in [0.29, 0.717) is 0 Å². The van der Waals surface area contributed by atoms with Gasteiger partial charge in [0.2, 0.25) is 0 Å². The molecule has 0 aromatic rings. The fourth-order valence-electron chi connectivity index (χ4n) is 4.36. The van der Waals surface area contributed by atoms with E-state index in [2.05, 4.69) is 27.7 Å². The molecule has 0 amide bonds. The summed E-state index contributed by atoms with van der Waals surface area (Å²) < 4.78 is 0. The SMILES string of the molecule is CC(C)[C@@H]1CC[C@H](C)[C@H]2CC[C@@H](C)C[C@@H]21. The summed E-state index contributed by atoms with van der Waals surface area (Å²) in [6, 6.07) is 0. The average Bonchev–Trinajstić information content (AvgIpc) is 2.17. The zero-order valence-corrected chi connectivity index (χ0v) is 11.0. The van der Waals surface area contributed by atoms with Gasteiger partial charge in [0.1, 0.15) is 0 Å². The van der Waals surface area contributed by atoms with Crippen LogP contribution in [0, 0.1) is 35.5 Å². The summed E-state index contributed by atoms with van der Waals surface area (Å²) in [5.74, 6) is 6.10. The van der Waals surface area contributed by atoms with Crippen LogP contribution in [0.2, 0.25) is 0 Å². The normalized spacial score (nSPS) is 46.6. The smallest absolute Gasteiger partial charge is 0.0350 e. The van der Waals surface area contributed by atoms with Crippen LogP contribution in [0.3, 0.4) is 0 Å². The zero-order valence-electron chi connectivity index (χ0n) is 11.0. The molecule has 0 unspecified atom stereocenters. The van der Waals surface area contributed by atoms with Crippen LogP contribution in [0.5, 0.6) is 0 Å². The van der Waals surface area contributed by atoms with Gasteiger partial charge in [0.05, 0.1) is 0 Å². The van der Waals surface area contributed by atoms with Crippen molar-refractivity contribution in [3.8, 4) is 0 Å². The van der Waals surface area contributed by atoms with Crippen LogP contribution in [0.4, 0.5) is 0 Å². The van der Waals surface area contributed by atoms with Crippen LogP contribution in [0.15, 0.2) is 0 Å². The second-order valence-corrected chi connectivity index (χ2v) is 6.71. The minimum Gasteiger partial charge on any atom is -0.0625 e. The van der Waals surface area contributed by atoms with Gasteiger partial charge in [0, 0.05) is 0 Å². The number of hydrogen-bond donors (Lipinski definition) is 0. The van der Waals surface area contributed by atoms with Crippen LogP contribution >= 0.6 is 0 Å². The molecule has 15 heavy (non-hydrogen) atoms. The first-order valence-corrected chi connectivity index (χ1v) is 7.09. The Hall–Kier alpha value is 0. The van der Waals surface area contributed by atoms with E-state index in [1.54, 1.807) is 0 Å². The van der Waals surface area contributed by atoms with E-state index in [1.165, 1.54) is 32.1 Å². The third-order valence-corrected chi connectivity index (χ3v) is 5.31. The molecule has 0 nitrogen and oxygen atoms in total. The molecule has 0 bridgehead atoms. The van der Waals surface area contributed by atoms with Gasteiger partial charge in [-0.2, -0.15) is 0 Å². The quantitative estimate of drug-likeness (QED) is 0.584. The molecule has 2 saturated carbocycles. The summed E-state index contributed by atoms with van der Waals surface area (Å²) in [7, 11) is 0. The van der Waals surface area contributed by atoms with E-state index < -0.39 is 0 Å².